The van der Waals surface area contributed by atoms with E-state index in [1.807, 2.05) is 13.8 Å². The predicted molar refractivity (Wildman–Crippen MR) is 98.2 cm³/mol. The van der Waals surface area contributed by atoms with Gasteiger partial charge in [-0.05, 0) is 52.7 Å². The van der Waals surface area contributed by atoms with Crippen LogP contribution in [0.25, 0.3) is 0 Å². The van der Waals surface area contributed by atoms with Crippen molar-refractivity contribution in [3.63, 3.8) is 0 Å². The Morgan fingerprint density at radius 1 is 1.11 bits per heavy atom. The summed E-state index contributed by atoms with van der Waals surface area (Å²) >= 11 is 0. The molecule has 2 aliphatic heterocycles. The van der Waals surface area contributed by atoms with E-state index in [0.29, 0.717) is 30.5 Å². The van der Waals surface area contributed by atoms with Gasteiger partial charge in [-0.15, -0.1) is 10.3 Å². The van der Waals surface area contributed by atoms with Gasteiger partial charge in [0.25, 0.3) is 11.8 Å². The third kappa shape index (κ3) is 3.26. The second-order valence-electron chi connectivity index (χ2n) is 8.47. The standard InChI is InChI=1S/C20H26N3O4/c1-19(2)12-15(20(3,4)23(19)27)16(24)21-10-7-11-22-17(25)13-8-5-6-9-14(13)18(22)26/h5-6,8-9,15H,7,10-12H2,1-4H3,(H,21,24). The maximum absolute atomic E-state index is 12.6. The first-order valence-corrected chi connectivity index (χ1v) is 9.28. The Labute approximate surface area is 159 Å². The summed E-state index contributed by atoms with van der Waals surface area (Å²) in [5.74, 6) is -1.14. The molecule has 145 valence electrons. The number of nitrogens with zero attached hydrogens (tertiary/aromatic N) is 2. The van der Waals surface area contributed by atoms with Crippen LogP contribution in [0.15, 0.2) is 24.3 Å². The fourth-order valence-electron chi connectivity index (χ4n) is 4.18. The number of fused-ring (bicyclic) bond motifs is 1. The van der Waals surface area contributed by atoms with E-state index in [2.05, 4.69) is 5.32 Å². The minimum atomic E-state index is -0.768. The van der Waals surface area contributed by atoms with Crippen molar-refractivity contribution in [2.45, 2.75) is 51.6 Å². The molecule has 1 N–H and O–H groups in total. The maximum Gasteiger partial charge on any atom is 0.261 e. The van der Waals surface area contributed by atoms with Gasteiger partial charge < -0.3 is 5.32 Å². The van der Waals surface area contributed by atoms with Gasteiger partial charge in [0.2, 0.25) is 5.91 Å². The van der Waals surface area contributed by atoms with Crippen LogP contribution in [-0.4, -0.2) is 51.9 Å². The molecule has 1 aromatic carbocycles. The first-order chi connectivity index (χ1) is 12.6. The van der Waals surface area contributed by atoms with Crippen molar-refractivity contribution in [1.82, 2.24) is 15.3 Å². The lowest BCUT2D eigenvalue weighted by atomic mass is 9.86. The van der Waals surface area contributed by atoms with Crippen LogP contribution in [0.4, 0.5) is 0 Å². The van der Waals surface area contributed by atoms with E-state index in [9.17, 15) is 19.6 Å². The molecule has 7 nitrogen and oxygen atoms in total. The zero-order valence-electron chi connectivity index (χ0n) is 16.2. The molecule has 2 heterocycles. The summed E-state index contributed by atoms with van der Waals surface area (Å²) < 4.78 is 0. The Kier molecular flexibility index (Phi) is 4.86. The first kappa shape index (κ1) is 19.5. The monoisotopic (exact) mass is 372 g/mol. The number of rotatable bonds is 5. The molecule has 1 atom stereocenters. The van der Waals surface area contributed by atoms with Gasteiger partial charge in [-0.3, -0.25) is 19.3 Å². The Bertz CT molecular complexity index is 752. The van der Waals surface area contributed by atoms with E-state index < -0.39 is 17.0 Å². The highest BCUT2D eigenvalue weighted by molar-refractivity contribution is 6.21. The number of hydrogen-bond acceptors (Lipinski definition) is 4. The largest absolute Gasteiger partial charge is 0.356 e. The van der Waals surface area contributed by atoms with Crippen molar-refractivity contribution in [3.05, 3.63) is 35.4 Å². The summed E-state index contributed by atoms with van der Waals surface area (Å²) in [5, 5.41) is 16.3. The fourth-order valence-corrected chi connectivity index (χ4v) is 4.18. The predicted octanol–water partition coefficient (Wildman–Crippen LogP) is 2.01. The molecule has 1 unspecified atom stereocenters. The van der Waals surface area contributed by atoms with Crippen molar-refractivity contribution in [2.75, 3.05) is 13.1 Å². The van der Waals surface area contributed by atoms with Crippen LogP contribution < -0.4 is 5.32 Å². The summed E-state index contributed by atoms with van der Waals surface area (Å²) in [5.41, 5.74) is -0.490. The minimum absolute atomic E-state index is 0.159. The zero-order valence-corrected chi connectivity index (χ0v) is 16.2. The van der Waals surface area contributed by atoms with Crippen molar-refractivity contribution in [2.24, 2.45) is 5.92 Å². The molecule has 2 aliphatic rings. The average Bonchev–Trinajstić information content (AvgIpc) is 2.96. The molecule has 1 aromatic rings. The number of carbonyl (C=O) groups is 3. The summed E-state index contributed by atoms with van der Waals surface area (Å²) in [4.78, 5) is 38.4. The Balaban J connectivity index is 1.52. The average molecular weight is 372 g/mol. The van der Waals surface area contributed by atoms with Gasteiger partial charge in [0, 0.05) is 18.6 Å². The highest BCUT2D eigenvalue weighted by Crippen LogP contribution is 2.43. The third-order valence-electron chi connectivity index (χ3n) is 5.68. The number of hydroxylamine groups is 2. The summed E-state index contributed by atoms with van der Waals surface area (Å²) in [6.07, 6.45) is 0.961. The van der Waals surface area contributed by atoms with Crippen LogP contribution >= 0.6 is 0 Å². The van der Waals surface area contributed by atoms with Gasteiger partial charge in [-0.1, -0.05) is 12.1 Å². The molecule has 0 saturated carbocycles. The molecule has 0 aromatic heterocycles. The SMILES string of the molecule is CC1(C)CC(C(=O)NCCCN2C(=O)c3ccccc3C2=O)C(C)(C)N1[O]. The minimum Gasteiger partial charge on any atom is -0.356 e. The van der Waals surface area contributed by atoms with Crippen molar-refractivity contribution in [1.29, 1.82) is 0 Å². The highest BCUT2D eigenvalue weighted by Gasteiger charge is 2.55. The summed E-state index contributed by atoms with van der Waals surface area (Å²) in [7, 11) is 0. The van der Waals surface area contributed by atoms with E-state index in [1.165, 1.54) is 4.90 Å². The van der Waals surface area contributed by atoms with E-state index in [0.717, 1.165) is 5.06 Å². The zero-order chi connectivity index (χ0) is 20.0. The number of amides is 3. The van der Waals surface area contributed by atoms with E-state index in [4.69, 9.17) is 0 Å². The molecule has 0 spiro atoms. The van der Waals surface area contributed by atoms with Crippen LogP contribution in [0.5, 0.6) is 0 Å². The third-order valence-corrected chi connectivity index (χ3v) is 5.68. The number of nitrogens with one attached hydrogen (secondary N) is 1. The Hall–Kier alpha value is -2.25. The molecule has 1 fully saturated rings. The highest BCUT2D eigenvalue weighted by atomic mass is 16.5. The number of benzene rings is 1. The molecule has 7 heteroatoms. The normalized spacial score (nSPS) is 23.6. The second kappa shape index (κ2) is 6.73. The molecule has 1 saturated heterocycles. The number of hydrogen-bond donors (Lipinski definition) is 1. The molecule has 0 aliphatic carbocycles. The van der Waals surface area contributed by atoms with Crippen LogP contribution in [0.2, 0.25) is 0 Å². The lowest BCUT2D eigenvalue weighted by Gasteiger charge is -2.33. The van der Waals surface area contributed by atoms with Crippen molar-refractivity contribution < 1.29 is 19.6 Å². The molecule has 27 heavy (non-hydrogen) atoms. The first-order valence-electron chi connectivity index (χ1n) is 9.28. The smallest absolute Gasteiger partial charge is 0.261 e. The second-order valence-corrected chi connectivity index (χ2v) is 8.47. The molecular weight excluding hydrogens is 346 g/mol. The maximum atomic E-state index is 12.6. The van der Waals surface area contributed by atoms with Crippen LogP contribution in [0, 0.1) is 5.92 Å². The molecule has 0 bridgehead atoms. The van der Waals surface area contributed by atoms with E-state index in [1.54, 1.807) is 38.1 Å². The van der Waals surface area contributed by atoms with E-state index in [-0.39, 0.29) is 24.3 Å². The fraction of sp³-hybridized carbons (Fsp3) is 0.550. The Morgan fingerprint density at radius 2 is 1.67 bits per heavy atom. The van der Waals surface area contributed by atoms with Crippen LogP contribution in [0.3, 0.4) is 0 Å². The molecule has 1 radical (unpaired) electrons. The van der Waals surface area contributed by atoms with Crippen molar-refractivity contribution in [3.8, 4) is 0 Å². The lowest BCUT2D eigenvalue weighted by Crippen LogP contribution is -2.49. The molecular formula is C20H26N3O4. The molecule has 3 amide bonds. The van der Waals surface area contributed by atoms with E-state index >= 15 is 0 Å². The number of imide groups is 1. The molecule has 3 rings (SSSR count). The van der Waals surface area contributed by atoms with Crippen LogP contribution in [-0.2, 0) is 10.0 Å². The van der Waals surface area contributed by atoms with Gasteiger partial charge in [-0.2, -0.15) is 0 Å². The van der Waals surface area contributed by atoms with Crippen LogP contribution in [0.1, 0.15) is 61.3 Å². The Morgan fingerprint density at radius 3 is 2.15 bits per heavy atom. The van der Waals surface area contributed by atoms with Gasteiger partial charge in [-0.25, -0.2) is 0 Å². The summed E-state index contributed by atoms with van der Waals surface area (Å²) in [6.45, 7) is 7.86. The van der Waals surface area contributed by atoms with Gasteiger partial charge >= 0.3 is 0 Å². The topological polar surface area (TPSA) is 89.6 Å². The quantitative estimate of drug-likeness (QED) is 0.632. The van der Waals surface area contributed by atoms with Gasteiger partial charge in [0.05, 0.1) is 22.6 Å². The van der Waals surface area contributed by atoms with Crippen molar-refractivity contribution >= 4 is 17.7 Å². The summed E-state index contributed by atoms with van der Waals surface area (Å²) in [6, 6.07) is 6.77. The lowest BCUT2D eigenvalue weighted by molar-refractivity contribution is -0.247. The van der Waals surface area contributed by atoms with Gasteiger partial charge in [0.1, 0.15) is 0 Å². The number of carbonyl (C=O) groups excluding carboxylic acids is 3. The van der Waals surface area contributed by atoms with Gasteiger partial charge in [0.15, 0.2) is 0 Å².